The summed E-state index contributed by atoms with van der Waals surface area (Å²) in [6.07, 6.45) is 1.15. The molecule has 1 heterocycles. The summed E-state index contributed by atoms with van der Waals surface area (Å²) >= 11 is 0. The molecule has 0 radical (unpaired) electrons. The molecule has 5 nitrogen and oxygen atoms in total. The van der Waals surface area contributed by atoms with Gasteiger partial charge in [-0.25, -0.2) is 4.79 Å². The summed E-state index contributed by atoms with van der Waals surface area (Å²) in [4.78, 5) is 11.9. The third-order valence-electron chi connectivity index (χ3n) is 4.70. The second-order valence-corrected chi connectivity index (χ2v) is 8.93. The van der Waals surface area contributed by atoms with Gasteiger partial charge in [0.15, 0.2) is 0 Å². The Hall–Kier alpha value is -0.810. The molecule has 1 saturated carbocycles. The minimum atomic E-state index is -0.474. The molecule has 128 valence electrons. The Morgan fingerprint density at radius 1 is 1.27 bits per heavy atom. The maximum atomic E-state index is 11.9. The van der Waals surface area contributed by atoms with E-state index >= 15 is 0 Å². The van der Waals surface area contributed by atoms with Crippen molar-refractivity contribution in [1.29, 1.82) is 0 Å². The van der Waals surface area contributed by atoms with E-state index < -0.39 is 5.60 Å². The molecule has 1 aliphatic carbocycles. The van der Waals surface area contributed by atoms with Crippen molar-refractivity contribution in [3.63, 3.8) is 0 Å². The zero-order valence-corrected chi connectivity index (χ0v) is 15.1. The van der Waals surface area contributed by atoms with E-state index in [-0.39, 0.29) is 17.0 Å². The molecule has 2 N–H and O–H groups in total. The number of alkyl carbamates (subject to hydrolysis) is 1. The van der Waals surface area contributed by atoms with E-state index in [1.54, 1.807) is 0 Å². The van der Waals surface area contributed by atoms with Gasteiger partial charge in [-0.05, 0) is 41.0 Å². The zero-order chi connectivity index (χ0) is 16.8. The Morgan fingerprint density at radius 3 is 2.50 bits per heavy atom. The minimum absolute atomic E-state index is 0.156. The monoisotopic (exact) mass is 312 g/mol. The lowest BCUT2D eigenvalue weighted by Crippen LogP contribution is -2.68. The van der Waals surface area contributed by atoms with Crippen molar-refractivity contribution in [2.75, 3.05) is 13.2 Å². The first-order valence-electron chi connectivity index (χ1n) is 8.28. The van der Waals surface area contributed by atoms with Gasteiger partial charge in [0, 0.05) is 30.5 Å². The summed E-state index contributed by atoms with van der Waals surface area (Å²) in [5.41, 5.74) is -0.676. The molecule has 1 saturated heterocycles. The standard InChI is InChI=1S/C17H32N2O3/c1-15(2,3)22-14(20)19-16(4,5)10-18-12-11-8-9-21-13(11)17(12,6)7/h11-13,18H,8-10H2,1-7H3,(H,19,20)/t11-,12+,13+/m1/s1. The number of fused-ring (bicyclic) bond motifs is 1. The summed E-state index contributed by atoms with van der Waals surface area (Å²) in [5.74, 6) is 0.604. The summed E-state index contributed by atoms with van der Waals surface area (Å²) in [7, 11) is 0. The summed E-state index contributed by atoms with van der Waals surface area (Å²) in [5, 5.41) is 6.59. The number of rotatable bonds is 4. The molecular weight excluding hydrogens is 280 g/mol. The Balaban J connectivity index is 1.84. The SMILES string of the molecule is CC(C)(CN[C@H]1[C@H]2CCO[C@@H]2C1(C)C)NC(=O)OC(C)(C)C. The number of hydrogen-bond acceptors (Lipinski definition) is 4. The van der Waals surface area contributed by atoms with E-state index in [0.717, 1.165) is 13.0 Å². The Bertz CT molecular complexity index is 426. The highest BCUT2D eigenvalue weighted by molar-refractivity contribution is 5.68. The molecule has 0 unspecified atom stereocenters. The second kappa shape index (κ2) is 5.68. The van der Waals surface area contributed by atoms with E-state index in [1.165, 1.54) is 0 Å². The highest BCUT2D eigenvalue weighted by Gasteiger charge is 2.59. The van der Waals surface area contributed by atoms with Crippen LogP contribution in [0.15, 0.2) is 0 Å². The van der Waals surface area contributed by atoms with E-state index in [2.05, 4.69) is 24.5 Å². The van der Waals surface area contributed by atoms with Gasteiger partial charge in [-0.1, -0.05) is 13.8 Å². The van der Waals surface area contributed by atoms with Gasteiger partial charge in [0.2, 0.25) is 0 Å². The molecule has 3 atom stereocenters. The van der Waals surface area contributed by atoms with Gasteiger partial charge < -0.3 is 20.1 Å². The Morgan fingerprint density at radius 2 is 1.91 bits per heavy atom. The topological polar surface area (TPSA) is 59.6 Å². The van der Waals surface area contributed by atoms with Gasteiger partial charge in [0.05, 0.1) is 11.6 Å². The van der Waals surface area contributed by atoms with E-state index in [4.69, 9.17) is 9.47 Å². The van der Waals surface area contributed by atoms with Gasteiger partial charge in [-0.2, -0.15) is 0 Å². The number of hydrogen-bond donors (Lipinski definition) is 2. The number of nitrogens with one attached hydrogen (secondary N) is 2. The van der Waals surface area contributed by atoms with Crippen LogP contribution in [-0.2, 0) is 9.47 Å². The average Bonchev–Trinajstić information content (AvgIpc) is 2.71. The minimum Gasteiger partial charge on any atom is -0.444 e. The molecular formula is C17H32N2O3. The Labute approximate surface area is 134 Å². The number of ether oxygens (including phenoxy) is 2. The van der Waals surface area contributed by atoms with Crippen molar-refractivity contribution < 1.29 is 14.3 Å². The molecule has 2 rings (SSSR count). The van der Waals surface area contributed by atoms with Crippen LogP contribution < -0.4 is 10.6 Å². The van der Waals surface area contributed by atoms with Crippen molar-refractivity contribution in [2.24, 2.45) is 11.3 Å². The van der Waals surface area contributed by atoms with Crippen LogP contribution in [0.5, 0.6) is 0 Å². The molecule has 0 aromatic heterocycles. The highest BCUT2D eigenvalue weighted by Crippen LogP contribution is 2.52. The van der Waals surface area contributed by atoms with Gasteiger partial charge in [0.1, 0.15) is 5.60 Å². The highest BCUT2D eigenvalue weighted by atomic mass is 16.6. The molecule has 0 spiro atoms. The van der Waals surface area contributed by atoms with Crippen LogP contribution in [0.3, 0.4) is 0 Å². The molecule has 0 aromatic carbocycles. The smallest absolute Gasteiger partial charge is 0.408 e. The van der Waals surface area contributed by atoms with Crippen LogP contribution in [0.1, 0.15) is 54.9 Å². The summed E-state index contributed by atoms with van der Waals surface area (Å²) in [6.45, 7) is 15.7. The van der Waals surface area contributed by atoms with Gasteiger partial charge in [0.25, 0.3) is 0 Å². The lowest BCUT2D eigenvalue weighted by molar-refractivity contribution is -0.113. The number of carbonyl (C=O) groups excluding carboxylic acids is 1. The molecule has 22 heavy (non-hydrogen) atoms. The third kappa shape index (κ3) is 3.74. The fourth-order valence-corrected chi connectivity index (χ4v) is 3.73. The van der Waals surface area contributed by atoms with E-state index in [9.17, 15) is 4.79 Å². The van der Waals surface area contributed by atoms with Crippen LogP contribution in [-0.4, -0.2) is 42.5 Å². The van der Waals surface area contributed by atoms with Gasteiger partial charge >= 0.3 is 6.09 Å². The first-order valence-corrected chi connectivity index (χ1v) is 8.28. The van der Waals surface area contributed by atoms with Crippen LogP contribution in [0.4, 0.5) is 4.79 Å². The van der Waals surface area contributed by atoms with Crippen molar-refractivity contribution in [1.82, 2.24) is 10.6 Å². The van der Waals surface area contributed by atoms with Crippen molar-refractivity contribution >= 4 is 6.09 Å². The van der Waals surface area contributed by atoms with Gasteiger partial charge in [-0.15, -0.1) is 0 Å². The third-order valence-corrected chi connectivity index (χ3v) is 4.70. The first kappa shape index (κ1) is 17.5. The zero-order valence-electron chi connectivity index (χ0n) is 15.1. The Kier molecular flexibility index (Phi) is 4.53. The lowest BCUT2D eigenvalue weighted by Gasteiger charge is -2.55. The lowest BCUT2D eigenvalue weighted by atomic mass is 9.57. The normalized spacial score (nSPS) is 30.4. The van der Waals surface area contributed by atoms with Crippen LogP contribution >= 0.6 is 0 Å². The molecule has 1 amide bonds. The second-order valence-electron chi connectivity index (χ2n) is 8.93. The van der Waals surface area contributed by atoms with Crippen LogP contribution in [0, 0.1) is 11.3 Å². The average molecular weight is 312 g/mol. The summed E-state index contributed by atoms with van der Waals surface area (Å²) in [6, 6.07) is 0.444. The van der Waals surface area contributed by atoms with Crippen molar-refractivity contribution in [2.45, 2.75) is 78.2 Å². The van der Waals surface area contributed by atoms with E-state index in [1.807, 2.05) is 34.6 Å². The van der Waals surface area contributed by atoms with Crippen LogP contribution in [0.25, 0.3) is 0 Å². The van der Waals surface area contributed by atoms with Crippen molar-refractivity contribution in [3.8, 4) is 0 Å². The number of carbonyl (C=O) groups is 1. The van der Waals surface area contributed by atoms with Crippen LogP contribution in [0.2, 0.25) is 0 Å². The molecule has 2 fully saturated rings. The van der Waals surface area contributed by atoms with Gasteiger partial charge in [-0.3, -0.25) is 0 Å². The largest absolute Gasteiger partial charge is 0.444 e. The molecule has 2 aliphatic rings. The summed E-state index contributed by atoms with van der Waals surface area (Å²) < 4.78 is 11.2. The maximum absolute atomic E-state index is 11.9. The molecule has 1 aliphatic heterocycles. The fourth-order valence-electron chi connectivity index (χ4n) is 3.73. The molecule has 5 heteroatoms. The fraction of sp³-hybridized carbons (Fsp3) is 0.941. The predicted octanol–water partition coefficient (Wildman–Crippen LogP) is 2.69. The number of amides is 1. The maximum Gasteiger partial charge on any atom is 0.408 e. The predicted molar refractivity (Wildman–Crippen MR) is 86.9 cm³/mol. The molecule has 0 aromatic rings. The van der Waals surface area contributed by atoms with Crippen molar-refractivity contribution in [3.05, 3.63) is 0 Å². The van der Waals surface area contributed by atoms with E-state index in [0.29, 0.717) is 24.6 Å². The molecule has 0 bridgehead atoms. The quantitative estimate of drug-likeness (QED) is 0.838. The first-order chi connectivity index (χ1) is 9.92.